The van der Waals surface area contributed by atoms with E-state index < -0.39 is 7.12 Å². The second kappa shape index (κ2) is 8.65. The fourth-order valence-corrected chi connectivity index (χ4v) is 3.61. The summed E-state index contributed by atoms with van der Waals surface area (Å²) in [5.74, 6) is 0.605. The predicted octanol–water partition coefficient (Wildman–Crippen LogP) is 3.54. The van der Waals surface area contributed by atoms with Crippen LogP contribution < -0.4 is 5.46 Å². The van der Waals surface area contributed by atoms with Crippen molar-refractivity contribution in [3.05, 3.63) is 76.6 Å². The third kappa shape index (κ3) is 5.04. The molecule has 0 saturated heterocycles. The maximum Gasteiger partial charge on any atom is 0.491 e. The molecule has 0 amide bonds. The van der Waals surface area contributed by atoms with Crippen molar-refractivity contribution in [2.45, 2.75) is 38.8 Å². The molecule has 0 radical (unpaired) electrons. The second-order valence-corrected chi connectivity index (χ2v) is 7.91. The minimum Gasteiger partial charge on any atom is -0.423 e. The van der Waals surface area contributed by atoms with Crippen LogP contribution in [0.4, 0.5) is 4.39 Å². The molecule has 2 aliphatic rings. The normalized spacial score (nSPS) is 17.7. The van der Waals surface area contributed by atoms with E-state index in [4.69, 9.17) is 16.3 Å². The van der Waals surface area contributed by atoms with Crippen LogP contribution in [-0.4, -0.2) is 26.9 Å². The molecule has 1 aromatic carbocycles. The number of fused-ring (bicyclic) bond motifs is 1. The Balaban J connectivity index is 0.000000150. The first kappa shape index (κ1) is 20.1. The lowest BCUT2D eigenvalue weighted by atomic mass is 9.79. The van der Waals surface area contributed by atoms with Crippen LogP contribution >= 0.6 is 11.6 Å². The predicted molar refractivity (Wildman–Crippen MR) is 111 cm³/mol. The third-order valence-corrected chi connectivity index (χ3v) is 5.50. The van der Waals surface area contributed by atoms with Gasteiger partial charge in [0.25, 0.3) is 0 Å². The smallest absolute Gasteiger partial charge is 0.423 e. The van der Waals surface area contributed by atoms with Gasteiger partial charge in [-0.1, -0.05) is 23.7 Å². The molecule has 1 saturated carbocycles. The van der Waals surface area contributed by atoms with Crippen molar-refractivity contribution in [2.75, 3.05) is 0 Å². The highest BCUT2D eigenvalue weighted by atomic mass is 35.5. The monoisotopic (exact) mass is 413 g/mol. The summed E-state index contributed by atoms with van der Waals surface area (Å²) in [6, 6.07) is 8.16. The van der Waals surface area contributed by atoms with E-state index in [-0.39, 0.29) is 11.9 Å². The van der Waals surface area contributed by atoms with Crippen LogP contribution in [0.5, 0.6) is 0 Å². The molecule has 0 unspecified atom stereocenters. The largest absolute Gasteiger partial charge is 0.491 e. The van der Waals surface area contributed by atoms with Crippen molar-refractivity contribution in [1.82, 2.24) is 14.8 Å². The maximum atomic E-state index is 12.7. The van der Waals surface area contributed by atoms with Crippen LogP contribution in [0, 0.1) is 11.7 Å². The minimum atomic E-state index is -0.893. The van der Waals surface area contributed by atoms with E-state index in [0.717, 1.165) is 17.0 Å². The quantitative estimate of drug-likeness (QED) is 0.525. The first-order valence-corrected chi connectivity index (χ1v) is 10.1. The van der Waals surface area contributed by atoms with Gasteiger partial charge in [0, 0.05) is 18.0 Å². The molecule has 0 spiro atoms. The molecular formula is C21H22BClFN3O2. The van der Waals surface area contributed by atoms with Crippen molar-refractivity contribution in [3.63, 3.8) is 0 Å². The molecule has 2 aromatic heterocycles. The van der Waals surface area contributed by atoms with Gasteiger partial charge in [0.2, 0.25) is 0 Å². The van der Waals surface area contributed by atoms with Gasteiger partial charge in [-0.2, -0.15) is 5.10 Å². The Morgan fingerprint density at radius 3 is 2.93 bits per heavy atom. The van der Waals surface area contributed by atoms with Gasteiger partial charge in [0.05, 0.1) is 18.8 Å². The summed E-state index contributed by atoms with van der Waals surface area (Å²) in [6.07, 6.45) is 9.48. The van der Waals surface area contributed by atoms with Crippen LogP contribution in [0.15, 0.2) is 48.9 Å². The first-order chi connectivity index (χ1) is 14.0. The van der Waals surface area contributed by atoms with Crippen LogP contribution in [-0.2, 0) is 17.6 Å². The Labute approximate surface area is 174 Å². The lowest BCUT2D eigenvalue weighted by Gasteiger charge is -2.02. The zero-order valence-electron chi connectivity index (χ0n) is 16.1. The van der Waals surface area contributed by atoms with Crippen LogP contribution in [0.25, 0.3) is 0 Å². The molecule has 1 fully saturated rings. The van der Waals surface area contributed by atoms with Crippen molar-refractivity contribution in [1.29, 1.82) is 0 Å². The summed E-state index contributed by atoms with van der Waals surface area (Å²) >= 11 is 6.02. The SMILES string of the molecule is C[C@H]1OB(O)c2ccc(F)cc21.Clc1ncccc1Cn1cc(CC2CC2)cn1. The molecule has 1 N–H and O–H groups in total. The molecule has 150 valence electrons. The Hall–Kier alpha value is -2.22. The summed E-state index contributed by atoms with van der Waals surface area (Å²) in [7, 11) is -0.893. The van der Waals surface area contributed by atoms with E-state index in [0.29, 0.717) is 17.2 Å². The second-order valence-electron chi connectivity index (χ2n) is 7.55. The molecule has 29 heavy (non-hydrogen) atoms. The molecule has 3 aromatic rings. The maximum absolute atomic E-state index is 12.7. The fraction of sp³-hybridized carbons (Fsp3) is 0.333. The van der Waals surface area contributed by atoms with E-state index in [2.05, 4.69) is 16.3 Å². The minimum absolute atomic E-state index is 0.217. The van der Waals surface area contributed by atoms with Gasteiger partial charge in [0.15, 0.2) is 0 Å². The first-order valence-electron chi connectivity index (χ1n) is 9.73. The van der Waals surface area contributed by atoms with E-state index in [9.17, 15) is 9.41 Å². The summed E-state index contributed by atoms with van der Waals surface area (Å²) in [6.45, 7) is 2.48. The van der Waals surface area contributed by atoms with Crippen LogP contribution in [0.3, 0.4) is 0 Å². The van der Waals surface area contributed by atoms with E-state index in [1.807, 2.05) is 23.0 Å². The highest BCUT2D eigenvalue weighted by Gasteiger charge is 2.32. The topological polar surface area (TPSA) is 60.2 Å². The molecule has 5 rings (SSSR count). The lowest BCUT2D eigenvalue weighted by Crippen LogP contribution is -2.27. The number of pyridine rings is 1. The van der Waals surface area contributed by atoms with Gasteiger partial charge in [-0.05, 0) is 66.9 Å². The van der Waals surface area contributed by atoms with E-state index in [1.54, 1.807) is 19.2 Å². The highest BCUT2D eigenvalue weighted by Crippen LogP contribution is 2.32. The number of hydrogen-bond acceptors (Lipinski definition) is 4. The van der Waals surface area contributed by atoms with Gasteiger partial charge in [-0.25, -0.2) is 9.37 Å². The number of hydrogen-bond donors (Lipinski definition) is 1. The summed E-state index contributed by atoms with van der Waals surface area (Å²) in [5, 5.41) is 14.2. The zero-order chi connectivity index (χ0) is 20.4. The van der Waals surface area contributed by atoms with Crippen molar-refractivity contribution in [2.24, 2.45) is 5.92 Å². The molecule has 5 nitrogen and oxygen atoms in total. The fourth-order valence-electron chi connectivity index (χ4n) is 3.43. The third-order valence-electron chi connectivity index (χ3n) is 5.16. The average Bonchev–Trinajstić information content (AvgIpc) is 3.33. The van der Waals surface area contributed by atoms with Crippen molar-refractivity contribution >= 4 is 24.2 Å². The molecule has 0 bridgehead atoms. The Morgan fingerprint density at radius 1 is 1.34 bits per heavy atom. The molecule has 1 atom stereocenters. The van der Waals surface area contributed by atoms with Gasteiger partial charge in [-0.3, -0.25) is 4.68 Å². The number of benzene rings is 1. The zero-order valence-corrected chi connectivity index (χ0v) is 16.9. The van der Waals surface area contributed by atoms with E-state index in [1.165, 1.54) is 37.0 Å². The average molecular weight is 414 g/mol. The van der Waals surface area contributed by atoms with Crippen LogP contribution in [0.1, 0.15) is 42.6 Å². The highest BCUT2D eigenvalue weighted by molar-refractivity contribution is 6.61. The summed E-state index contributed by atoms with van der Waals surface area (Å²) in [4.78, 5) is 4.06. The Morgan fingerprint density at radius 2 is 2.17 bits per heavy atom. The molecular weight excluding hydrogens is 392 g/mol. The standard InChI is InChI=1S/C13H14ClN3.C8H8BFO2/c14-13-12(2-1-5-15-13)9-17-8-11(7-16-17)6-10-3-4-10;1-5-7-4-6(10)2-3-8(7)9(11)12-5/h1-2,5,7-8,10H,3-4,6,9H2;2-5,11H,1H3/t;5-/m.1/s1. The molecule has 1 aliphatic heterocycles. The summed E-state index contributed by atoms with van der Waals surface area (Å²) in [5.41, 5.74) is 3.74. The van der Waals surface area contributed by atoms with Crippen molar-refractivity contribution in [3.8, 4) is 0 Å². The van der Waals surface area contributed by atoms with Gasteiger partial charge < -0.3 is 9.68 Å². The Kier molecular flexibility index (Phi) is 5.99. The van der Waals surface area contributed by atoms with Crippen molar-refractivity contribution < 1.29 is 14.1 Å². The number of halogens is 2. The van der Waals surface area contributed by atoms with Gasteiger partial charge in [-0.15, -0.1) is 0 Å². The number of aromatic nitrogens is 3. The molecule has 1 aliphatic carbocycles. The van der Waals surface area contributed by atoms with Gasteiger partial charge in [0.1, 0.15) is 11.0 Å². The number of rotatable bonds is 4. The van der Waals surface area contributed by atoms with Crippen LogP contribution in [0.2, 0.25) is 5.15 Å². The van der Waals surface area contributed by atoms with Gasteiger partial charge >= 0.3 is 7.12 Å². The lowest BCUT2D eigenvalue weighted by molar-refractivity contribution is 0.208. The van der Waals surface area contributed by atoms with E-state index >= 15 is 0 Å². The molecule has 3 heterocycles. The summed E-state index contributed by atoms with van der Waals surface area (Å²) < 4.78 is 19.7. The molecule has 8 heteroatoms. The number of nitrogens with zero attached hydrogens (tertiary/aromatic N) is 3. The Bertz CT molecular complexity index is 996.